The van der Waals surface area contributed by atoms with Crippen molar-refractivity contribution in [3.8, 4) is 0 Å². The van der Waals surface area contributed by atoms with Gasteiger partial charge in [-0.3, -0.25) is 4.79 Å². The molecular weight excluding hydrogens is 787 g/mol. The summed E-state index contributed by atoms with van der Waals surface area (Å²) < 4.78 is 338. The van der Waals surface area contributed by atoms with Gasteiger partial charge in [0.2, 0.25) is 0 Å². The number of aliphatic hydroxyl groups is 2. The summed E-state index contributed by atoms with van der Waals surface area (Å²) in [4.78, 5) is 10.4. The number of hydrogen-bond donors (Lipinski definition) is 3. The van der Waals surface area contributed by atoms with Crippen LogP contribution >= 0.6 is 11.8 Å². The zero-order valence-corrected chi connectivity index (χ0v) is 22.2. The second-order valence-corrected chi connectivity index (χ2v) is 10.4. The predicted molar refractivity (Wildman–Crippen MR) is 102 cm³/mol. The van der Waals surface area contributed by atoms with E-state index in [9.17, 15) is 120 Å². The Morgan fingerprint density at radius 3 is 0.958 bits per heavy atom. The van der Waals surface area contributed by atoms with Crippen LogP contribution < -0.4 is 0 Å². The maximum Gasteiger partial charge on any atom is 0.460 e. The molecule has 0 fully saturated rings. The molecule has 4 nitrogen and oxygen atoms in total. The molecule has 2 unspecified atom stereocenters. The first-order valence-electron chi connectivity index (χ1n) is 10.9. The summed E-state index contributed by atoms with van der Waals surface area (Å²) in [5.41, 5.74) is 0. The van der Waals surface area contributed by atoms with Crippen molar-refractivity contribution in [1.82, 2.24) is 0 Å². The van der Waals surface area contributed by atoms with Gasteiger partial charge in [0, 0.05) is 5.75 Å². The Morgan fingerprint density at radius 1 is 0.479 bits per heavy atom. The lowest BCUT2D eigenvalue weighted by atomic mass is 9.84. The summed E-state index contributed by atoms with van der Waals surface area (Å²) in [5, 5.41) is 23.3. The molecule has 0 saturated heterocycles. The highest BCUT2D eigenvalue weighted by Gasteiger charge is 2.99. The van der Waals surface area contributed by atoms with Gasteiger partial charge in [-0.1, -0.05) is 0 Å². The van der Waals surface area contributed by atoms with Crippen LogP contribution in [0.3, 0.4) is 0 Å². The first-order valence-corrected chi connectivity index (χ1v) is 11.9. The van der Waals surface area contributed by atoms with Crippen molar-refractivity contribution in [3.63, 3.8) is 0 Å². The second kappa shape index (κ2) is 12.6. The van der Waals surface area contributed by atoms with Crippen molar-refractivity contribution < 1.29 is 130 Å². The Kier molecular flexibility index (Phi) is 12.1. The van der Waals surface area contributed by atoms with Gasteiger partial charge in [-0.05, 0) is 0 Å². The van der Waals surface area contributed by atoms with Crippen LogP contribution in [0.15, 0.2) is 0 Å². The summed E-state index contributed by atoms with van der Waals surface area (Å²) >= 11 is -0.591. The topological polar surface area (TPSA) is 77.8 Å². The Balaban J connectivity index is 7.25. The molecule has 30 heteroatoms. The van der Waals surface area contributed by atoms with E-state index >= 15 is 0 Å². The third-order valence-corrected chi connectivity index (χ3v) is 7.15. The highest BCUT2D eigenvalue weighted by molar-refractivity contribution is 8.00. The average Bonchev–Trinajstić information content (AvgIpc) is 2.88. The van der Waals surface area contributed by atoms with E-state index in [-0.39, 0.29) is 0 Å². The normalized spacial score (nSPS) is 17.4. The van der Waals surface area contributed by atoms with E-state index in [1.165, 1.54) is 0 Å². The Labute approximate surface area is 250 Å². The van der Waals surface area contributed by atoms with Crippen LogP contribution in [0.25, 0.3) is 0 Å². The van der Waals surface area contributed by atoms with Gasteiger partial charge in [0.05, 0.1) is 18.3 Å². The van der Waals surface area contributed by atoms with E-state index in [0.29, 0.717) is 0 Å². The molecule has 0 aliphatic rings. The van der Waals surface area contributed by atoms with Gasteiger partial charge in [-0.2, -0.15) is 122 Å². The first-order chi connectivity index (χ1) is 20.5. The lowest BCUT2D eigenvalue weighted by Gasteiger charge is -2.46. The van der Waals surface area contributed by atoms with Gasteiger partial charge >= 0.3 is 77.3 Å². The molecule has 3 N–H and O–H groups in total. The van der Waals surface area contributed by atoms with E-state index in [2.05, 4.69) is 0 Å². The zero-order valence-electron chi connectivity index (χ0n) is 21.4. The number of thioether (sulfide) groups is 1. The molecule has 2 atom stereocenters. The van der Waals surface area contributed by atoms with Crippen LogP contribution in [0, 0.1) is 0 Å². The van der Waals surface area contributed by atoms with Gasteiger partial charge in [0.15, 0.2) is 0 Å². The lowest BCUT2D eigenvalue weighted by Crippen LogP contribution is -2.78. The van der Waals surface area contributed by atoms with E-state index in [1.54, 1.807) is 0 Å². The molecule has 0 aromatic rings. The summed E-state index contributed by atoms with van der Waals surface area (Å²) in [6.45, 7) is -2.15. The molecule has 48 heavy (non-hydrogen) atoms. The Hall–Kier alpha value is -2.01. The summed E-state index contributed by atoms with van der Waals surface area (Å²) in [7, 11) is 0. The molecule has 288 valence electrons. The number of aliphatic hydroxyl groups excluding tert-OH is 2. The third-order valence-electron chi connectivity index (χ3n) is 5.88. The minimum Gasteiger partial charge on any atom is -0.481 e. The SMILES string of the molecule is O=C(O)CCSC(CO)C(O)C(F)(F)C(F)(F)C(F)(F)C(F)(F)C(F)(F)C(F)(F)C(F)(F)C(F)(F)C(F)(F)C(F)(F)C(F)(F)C(F)(F)F. The van der Waals surface area contributed by atoms with E-state index < -0.39 is 119 Å². The molecule has 0 spiro atoms. The van der Waals surface area contributed by atoms with Crippen LogP contribution in [-0.4, -0.2) is 116 Å². The first kappa shape index (κ1) is 46.0. The van der Waals surface area contributed by atoms with Crippen molar-refractivity contribution >= 4 is 17.7 Å². The maximum atomic E-state index is 14.1. The highest BCUT2D eigenvalue weighted by atomic mass is 32.2. The minimum atomic E-state index is -9.71. The number of aliphatic carboxylic acids is 1. The largest absolute Gasteiger partial charge is 0.481 e. The van der Waals surface area contributed by atoms with E-state index in [4.69, 9.17) is 10.2 Å². The molecule has 0 aromatic carbocycles. The Bertz CT molecular complexity index is 1150. The summed E-state index contributed by atoms with van der Waals surface area (Å²) in [5.74, 6) is -104. The molecule has 0 amide bonds. The number of rotatable bonds is 17. The van der Waals surface area contributed by atoms with Crippen LogP contribution in [0.1, 0.15) is 6.42 Å². The van der Waals surface area contributed by atoms with Gasteiger partial charge in [-0.15, -0.1) is 0 Å². The fraction of sp³-hybridized carbons (Fsp3) is 0.944. The minimum absolute atomic E-state index is 0.591. The fourth-order valence-corrected chi connectivity index (χ4v) is 3.98. The number of carboxylic acids is 1. The summed E-state index contributed by atoms with van der Waals surface area (Å²) in [6, 6.07) is 0. The standard InChI is InChI=1S/C18H11F25O4S/c19-7(20,6(47)4(3-44)48-2-1-5(45)46)8(21,22)9(23,24)10(25,26)11(27,28)12(29,30)13(31,32)14(33,34)15(35,36)16(37,38)17(39,40)18(41,42)43/h4,6,44,47H,1-3H2,(H,45,46). The van der Waals surface area contributed by atoms with Crippen molar-refractivity contribution in [2.75, 3.05) is 12.4 Å². The molecule has 0 rings (SSSR count). The molecule has 0 saturated carbocycles. The van der Waals surface area contributed by atoms with Crippen LogP contribution in [0.4, 0.5) is 110 Å². The quantitative estimate of drug-likeness (QED) is 0.133. The molecular formula is C18H11F25O4S. The molecule has 0 aliphatic carbocycles. The van der Waals surface area contributed by atoms with Gasteiger partial charge < -0.3 is 15.3 Å². The van der Waals surface area contributed by atoms with Crippen molar-refractivity contribution in [1.29, 1.82) is 0 Å². The van der Waals surface area contributed by atoms with Crippen LogP contribution in [-0.2, 0) is 4.79 Å². The molecule has 0 aromatic heterocycles. The monoisotopic (exact) mass is 798 g/mol. The maximum absolute atomic E-state index is 14.1. The molecule has 0 radical (unpaired) electrons. The molecule has 0 bridgehead atoms. The third kappa shape index (κ3) is 6.15. The van der Waals surface area contributed by atoms with Gasteiger partial charge in [0.1, 0.15) is 6.10 Å². The zero-order chi connectivity index (χ0) is 39.6. The number of halogens is 25. The average molecular weight is 798 g/mol. The van der Waals surface area contributed by atoms with Gasteiger partial charge in [0.25, 0.3) is 0 Å². The van der Waals surface area contributed by atoms with Crippen molar-refractivity contribution in [2.24, 2.45) is 0 Å². The van der Waals surface area contributed by atoms with Crippen molar-refractivity contribution in [2.45, 2.75) is 89.1 Å². The smallest absolute Gasteiger partial charge is 0.460 e. The van der Waals surface area contributed by atoms with Crippen LogP contribution in [0.5, 0.6) is 0 Å². The van der Waals surface area contributed by atoms with E-state index in [1.807, 2.05) is 0 Å². The van der Waals surface area contributed by atoms with Gasteiger partial charge in [-0.25, -0.2) is 0 Å². The predicted octanol–water partition coefficient (Wildman–Crippen LogP) is 7.47. The highest BCUT2D eigenvalue weighted by Crippen LogP contribution is 2.68. The molecule has 0 heterocycles. The number of carbonyl (C=O) groups is 1. The number of alkyl halides is 25. The van der Waals surface area contributed by atoms with Crippen molar-refractivity contribution in [3.05, 3.63) is 0 Å². The number of carboxylic acid groups (broad SMARTS) is 1. The Morgan fingerprint density at radius 2 is 0.729 bits per heavy atom. The van der Waals surface area contributed by atoms with Crippen LogP contribution in [0.2, 0.25) is 0 Å². The summed E-state index contributed by atoms with van der Waals surface area (Å²) in [6.07, 6.45) is -14.2. The molecule has 0 aliphatic heterocycles. The second-order valence-electron chi connectivity index (χ2n) is 9.05. The number of hydrogen-bond acceptors (Lipinski definition) is 4. The fourth-order valence-electron chi connectivity index (χ4n) is 2.93. The van der Waals surface area contributed by atoms with E-state index in [0.717, 1.165) is 0 Å². The lowest BCUT2D eigenvalue weighted by molar-refractivity contribution is -0.483.